The summed E-state index contributed by atoms with van der Waals surface area (Å²) in [6.07, 6.45) is -4.12. The second kappa shape index (κ2) is 7.37. The van der Waals surface area contributed by atoms with Gasteiger partial charge in [0.15, 0.2) is 5.82 Å². The summed E-state index contributed by atoms with van der Waals surface area (Å²) in [4.78, 5) is 28.5. The van der Waals surface area contributed by atoms with E-state index in [9.17, 15) is 27.2 Å². The van der Waals surface area contributed by atoms with E-state index in [-0.39, 0.29) is 43.7 Å². The molecule has 0 aliphatic carbocycles. The normalized spacial score (nSPS) is 22.2. The highest BCUT2D eigenvalue weighted by molar-refractivity contribution is 5.85. The summed E-state index contributed by atoms with van der Waals surface area (Å²) in [5, 5.41) is 6.84. The molecular weight excluding hydrogens is 406 g/mol. The molecule has 160 valence electrons. The van der Waals surface area contributed by atoms with Crippen molar-refractivity contribution >= 4 is 11.8 Å². The van der Waals surface area contributed by atoms with Crippen molar-refractivity contribution < 1.29 is 27.2 Å². The van der Waals surface area contributed by atoms with Gasteiger partial charge in [-0.1, -0.05) is 12.1 Å². The van der Waals surface area contributed by atoms with E-state index in [1.165, 1.54) is 34.1 Å². The fourth-order valence-electron chi connectivity index (χ4n) is 4.20. The van der Waals surface area contributed by atoms with Crippen molar-refractivity contribution in [2.45, 2.75) is 38.1 Å². The number of carbonyl (C=O) groups is 2. The first-order valence-corrected chi connectivity index (χ1v) is 9.46. The third-order valence-electron chi connectivity index (χ3n) is 5.71. The minimum Gasteiger partial charge on any atom is -0.338 e. The first kappa shape index (κ1) is 20.3. The Morgan fingerprint density at radius 3 is 2.50 bits per heavy atom. The van der Waals surface area contributed by atoms with Crippen LogP contribution in [0.2, 0.25) is 0 Å². The number of fused-ring (bicyclic) bond motifs is 1. The Bertz CT molecular complexity index is 972. The molecule has 2 amide bonds. The van der Waals surface area contributed by atoms with E-state index in [4.69, 9.17) is 0 Å². The summed E-state index contributed by atoms with van der Waals surface area (Å²) in [6, 6.07) is 5.04. The van der Waals surface area contributed by atoms with Crippen LogP contribution in [0.15, 0.2) is 24.3 Å². The Labute approximate surface area is 169 Å². The first-order valence-electron chi connectivity index (χ1n) is 9.46. The molecule has 7 nitrogen and oxygen atoms in total. The molecule has 0 bridgehead atoms. The van der Waals surface area contributed by atoms with Crippen molar-refractivity contribution in [1.82, 2.24) is 24.6 Å². The van der Waals surface area contributed by atoms with E-state index in [0.29, 0.717) is 12.0 Å². The summed E-state index contributed by atoms with van der Waals surface area (Å²) < 4.78 is 53.4. The van der Waals surface area contributed by atoms with Crippen molar-refractivity contribution in [1.29, 1.82) is 0 Å². The Kier molecular flexibility index (Phi) is 4.99. The van der Waals surface area contributed by atoms with Crippen molar-refractivity contribution in [2.24, 2.45) is 5.92 Å². The van der Waals surface area contributed by atoms with Crippen molar-refractivity contribution in [3.05, 3.63) is 47.3 Å². The number of nitrogens with zero attached hydrogens (tertiary/aromatic N) is 5. The van der Waals surface area contributed by atoms with Crippen LogP contribution in [0.5, 0.6) is 0 Å². The van der Waals surface area contributed by atoms with Gasteiger partial charge in [-0.25, -0.2) is 4.39 Å². The van der Waals surface area contributed by atoms with Crippen LogP contribution < -0.4 is 0 Å². The lowest BCUT2D eigenvalue weighted by atomic mass is 9.83. The van der Waals surface area contributed by atoms with Gasteiger partial charge in [0.2, 0.25) is 17.6 Å². The van der Waals surface area contributed by atoms with Gasteiger partial charge in [-0.2, -0.15) is 13.2 Å². The molecule has 3 heterocycles. The van der Waals surface area contributed by atoms with E-state index in [1.54, 1.807) is 7.05 Å². The number of halogens is 4. The zero-order valence-corrected chi connectivity index (χ0v) is 16.1. The summed E-state index contributed by atoms with van der Waals surface area (Å²) in [5.41, 5.74) is 0.629. The van der Waals surface area contributed by atoms with E-state index in [1.807, 2.05) is 0 Å². The molecule has 11 heteroatoms. The van der Waals surface area contributed by atoms with Gasteiger partial charge in [0.05, 0.1) is 18.5 Å². The van der Waals surface area contributed by atoms with Gasteiger partial charge in [-0.05, 0) is 24.1 Å². The lowest BCUT2D eigenvalue weighted by Gasteiger charge is -2.41. The highest BCUT2D eigenvalue weighted by Gasteiger charge is 2.43. The molecule has 1 fully saturated rings. The Hall–Kier alpha value is -2.98. The molecule has 4 rings (SSSR count). The monoisotopic (exact) mass is 425 g/mol. The zero-order chi connectivity index (χ0) is 21.6. The maximum absolute atomic E-state index is 13.3. The third kappa shape index (κ3) is 3.52. The predicted octanol–water partition coefficient (Wildman–Crippen LogP) is 2.39. The standard InChI is InChI=1S/C19H19F4N5O2/c1-26-15(29)7-6-13(16(26)11-2-4-12(20)5-3-11)17(30)27-8-9-28-14(10-27)24-25-18(28)19(21,22)23/h2-5,13,16H,6-10H2,1H3. The first-order chi connectivity index (χ1) is 14.2. The number of hydrogen-bond acceptors (Lipinski definition) is 4. The number of likely N-dealkylation sites (tertiary alicyclic amines) is 1. The number of aromatic nitrogens is 3. The molecule has 1 aromatic heterocycles. The Morgan fingerprint density at radius 2 is 1.83 bits per heavy atom. The highest BCUT2D eigenvalue weighted by atomic mass is 19.4. The van der Waals surface area contributed by atoms with Gasteiger partial charge < -0.3 is 14.4 Å². The van der Waals surface area contributed by atoms with Gasteiger partial charge in [-0.3, -0.25) is 9.59 Å². The van der Waals surface area contributed by atoms with Crippen molar-refractivity contribution in [2.75, 3.05) is 13.6 Å². The molecule has 0 N–H and O–H groups in total. The second-order valence-corrected chi connectivity index (χ2v) is 7.50. The molecule has 1 saturated heterocycles. The molecule has 2 atom stereocenters. The molecule has 0 radical (unpaired) electrons. The summed E-state index contributed by atoms with van der Waals surface area (Å²) in [7, 11) is 1.60. The zero-order valence-electron chi connectivity index (χ0n) is 16.1. The summed E-state index contributed by atoms with van der Waals surface area (Å²) in [6.45, 7) is -0.0743. The molecular formula is C19H19F4N5O2. The number of rotatable bonds is 2. The van der Waals surface area contributed by atoms with Crippen LogP contribution in [0.25, 0.3) is 0 Å². The molecule has 30 heavy (non-hydrogen) atoms. The predicted molar refractivity (Wildman–Crippen MR) is 95.1 cm³/mol. The topological polar surface area (TPSA) is 71.3 Å². The number of alkyl halides is 3. The van der Waals surface area contributed by atoms with Crippen LogP contribution >= 0.6 is 0 Å². The maximum Gasteiger partial charge on any atom is 0.451 e. The lowest BCUT2D eigenvalue weighted by Crippen LogP contribution is -2.49. The van der Waals surface area contributed by atoms with Crippen LogP contribution in [0.4, 0.5) is 17.6 Å². The molecule has 2 aliphatic rings. The number of benzene rings is 1. The average Bonchev–Trinajstić information content (AvgIpc) is 3.14. The summed E-state index contributed by atoms with van der Waals surface area (Å²) >= 11 is 0. The largest absolute Gasteiger partial charge is 0.451 e. The lowest BCUT2D eigenvalue weighted by molar-refractivity contribution is -0.149. The van der Waals surface area contributed by atoms with E-state index < -0.39 is 29.8 Å². The fraction of sp³-hybridized carbons (Fsp3) is 0.474. The number of hydrogen-bond donors (Lipinski definition) is 0. The molecule has 0 saturated carbocycles. The second-order valence-electron chi connectivity index (χ2n) is 7.50. The fourth-order valence-corrected chi connectivity index (χ4v) is 4.20. The van der Waals surface area contributed by atoms with Gasteiger partial charge in [0.1, 0.15) is 5.82 Å². The van der Waals surface area contributed by atoms with Crippen LogP contribution in [-0.2, 0) is 28.9 Å². The average molecular weight is 425 g/mol. The third-order valence-corrected chi connectivity index (χ3v) is 5.71. The molecule has 2 aliphatic heterocycles. The molecule has 2 aromatic rings. The van der Waals surface area contributed by atoms with Gasteiger partial charge in [0, 0.05) is 26.6 Å². The highest BCUT2D eigenvalue weighted by Crippen LogP contribution is 2.38. The quantitative estimate of drug-likeness (QED) is 0.693. The van der Waals surface area contributed by atoms with Gasteiger partial charge >= 0.3 is 6.18 Å². The SMILES string of the molecule is CN1C(=O)CCC(C(=O)N2CCn3c(nnc3C(F)(F)F)C2)C1c1ccc(F)cc1. The molecule has 0 spiro atoms. The Balaban J connectivity index is 1.59. The van der Waals surface area contributed by atoms with Gasteiger partial charge in [0.25, 0.3) is 0 Å². The maximum atomic E-state index is 13.3. The Morgan fingerprint density at radius 1 is 1.13 bits per heavy atom. The van der Waals surface area contributed by atoms with E-state index in [0.717, 1.165) is 4.57 Å². The van der Waals surface area contributed by atoms with Crippen molar-refractivity contribution in [3.8, 4) is 0 Å². The number of piperidine rings is 1. The smallest absolute Gasteiger partial charge is 0.338 e. The minimum absolute atomic E-state index is 0.0639. The molecule has 1 aromatic carbocycles. The number of carbonyl (C=O) groups excluding carboxylic acids is 2. The molecule has 2 unspecified atom stereocenters. The van der Waals surface area contributed by atoms with Crippen LogP contribution in [0.3, 0.4) is 0 Å². The van der Waals surface area contributed by atoms with Crippen LogP contribution in [0.1, 0.15) is 36.1 Å². The van der Waals surface area contributed by atoms with Crippen LogP contribution in [-0.4, -0.2) is 50.0 Å². The van der Waals surface area contributed by atoms with E-state index in [2.05, 4.69) is 10.2 Å². The minimum atomic E-state index is -4.61. The van der Waals surface area contributed by atoms with E-state index >= 15 is 0 Å². The summed E-state index contributed by atoms with van der Waals surface area (Å²) in [5.74, 6) is -2.41. The van der Waals surface area contributed by atoms with Gasteiger partial charge in [-0.15, -0.1) is 10.2 Å². The number of amides is 2. The van der Waals surface area contributed by atoms with Crippen molar-refractivity contribution in [3.63, 3.8) is 0 Å². The van der Waals surface area contributed by atoms with Crippen LogP contribution in [0, 0.1) is 11.7 Å².